The van der Waals surface area contributed by atoms with Crippen molar-refractivity contribution < 1.29 is 4.74 Å². The predicted octanol–water partition coefficient (Wildman–Crippen LogP) is 4.02. The summed E-state index contributed by atoms with van der Waals surface area (Å²) in [6.45, 7) is 0. The third-order valence-corrected chi connectivity index (χ3v) is 2.55. The van der Waals surface area contributed by atoms with E-state index in [1.165, 1.54) is 0 Å². The Bertz CT molecular complexity index is 451. The summed E-state index contributed by atoms with van der Waals surface area (Å²) in [5.41, 5.74) is 2.13. The first-order valence-electron chi connectivity index (χ1n) is 4.71. The number of halogens is 1. The highest BCUT2D eigenvalue weighted by atomic mass is 35.5. The molecule has 0 atom stereocenters. The molecule has 0 bridgehead atoms. The fraction of sp³-hybridized carbons (Fsp3) is 0.0769. The van der Waals surface area contributed by atoms with Gasteiger partial charge in [0.05, 0.1) is 12.1 Å². The Morgan fingerprint density at radius 2 is 1.67 bits per heavy atom. The Hall–Kier alpha value is -1.47. The Balaban J connectivity index is 2.58. The molecule has 2 rings (SSSR count). The standard InChI is InChI=1S/C13H11ClO/c1-15-13-11(8-5-9-12(13)14)10-6-3-2-4-7-10/h2-9H,1H3. The summed E-state index contributed by atoms with van der Waals surface area (Å²) in [7, 11) is 1.63. The molecule has 1 nitrogen and oxygen atoms in total. The molecule has 0 heterocycles. The second-order valence-electron chi connectivity index (χ2n) is 3.19. The molecule has 0 N–H and O–H groups in total. The Labute approximate surface area is 94.3 Å². The molecule has 0 aliphatic heterocycles. The van der Waals surface area contributed by atoms with Gasteiger partial charge in [-0.2, -0.15) is 0 Å². The molecule has 0 aliphatic rings. The number of ether oxygens (including phenoxy) is 1. The highest BCUT2D eigenvalue weighted by Gasteiger charge is 2.08. The number of hydrogen-bond acceptors (Lipinski definition) is 1. The smallest absolute Gasteiger partial charge is 0.145 e. The lowest BCUT2D eigenvalue weighted by atomic mass is 10.1. The van der Waals surface area contributed by atoms with E-state index in [0.717, 1.165) is 16.9 Å². The summed E-state index contributed by atoms with van der Waals surface area (Å²) in [6.07, 6.45) is 0. The second kappa shape index (κ2) is 4.37. The molecule has 0 unspecified atom stereocenters. The molecule has 2 heteroatoms. The zero-order valence-corrected chi connectivity index (χ0v) is 9.16. The molecule has 0 saturated heterocycles. The van der Waals surface area contributed by atoms with Gasteiger partial charge in [-0.15, -0.1) is 0 Å². The summed E-state index contributed by atoms with van der Waals surface area (Å²) in [5, 5.41) is 0.638. The van der Waals surface area contributed by atoms with Crippen molar-refractivity contribution in [3.63, 3.8) is 0 Å². The van der Waals surface area contributed by atoms with Crippen molar-refractivity contribution >= 4 is 11.6 Å². The van der Waals surface area contributed by atoms with Crippen LogP contribution in [-0.4, -0.2) is 7.11 Å². The average molecular weight is 219 g/mol. The van der Waals surface area contributed by atoms with Gasteiger partial charge in [0.15, 0.2) is 0 Å². The van der Waals surface area contributed by atoms with E-state index in [2.05, 4.69) is 0 Å². The monoisotopic (exact) mass is 218 g/mol. The van der Waals surface area contributed by atoms with Crippen LogP contribution < -0.4 is 4.74 Å². The van der Waals surface area contributed by atoms with Crippen LogP contribution in [0, 0.1) is 0 Å². The van der Waals surface area contributed by atoms with Crippen molar-refractivity contribution in [1.82, 2.24) is 0 Å². The molecule has 0 spiro atoms. The van der Waals surface area contributed by atoms with Crippen molar-refractivity contribution in [3.05, 3.63) is 53.6 Å². The lowest BCUT2D eigenvalue weighted by Crippen LogP contribution is -1.88. The first-order chi connectivity index (χ1) is 7.33. The van der Waals surface area contributed by atoms with Gasteiger partial charge < -0.3 is 4.74 Å². The maximum atomic E-state index is 6.05. The summed E-state index contributed by atoms with van der Waals surface area (Å²) >= 11 is 6.05. The average Bonchev–Trinajstić information content (AvgIpc) is 2.30. The molecule has 2 aromatic carbocycles. The minimum atomic E-state index is 0.638. The lowest BCUT2D eigenvalue weighted by molar-refractivity contribution is 0.416. The maximum absolute atomic E-state index is 6.05. The maximum Gasteiger partial charge on any atom is 0.145 e. The van der Waals surface area contributed by atoms with Crippen molar-refractivity contribution in [1.29, 1.82) is 0 Å². The number of benzene rings is 2. The lowest BCUT2D eigenvalue weighted by Gasteiger charge is -2.09. The van der Waals surface area contributed by atoms with Crippen molar-refractivity contribution in [2.75, 3.05) is 7.11 Å². The predicted molar refractivity (Wildman–Crippen MR) is 63.4 cm³/mol. The van der Waals surface area contributed by atoms with Gasteiger partial charge in [-0.05, 0) is 11.6 Å². The number of para-hydroxylation sites is 1. The molecule has 2 aromatic rings. The van der Waals surface area contributed by atoms with E-state index in [0.29, 0.717) is 5.02 Å². The molecule has 0 fully saturated rings. The van der Waals surface area contributed by atoms with E-state index >= 15 is 0 Å². The van der Waals surface area contributed by atoms with Crippen molar-refractivity contribution in [2.45, 2.75) is 0 Å². The molecule has 15 heavy (non-hydrogen) atoms. The van der Waals surface area contributed by atoms with E-state index in [4.69, 9.17) is 16.3 Å². The Kier molecular flexibility index (Phi) is 2.93. The summed E-state index contributed by atoms with van der Waals surface area (Å²) in [6, 6.07) is 15.8. The first-order valence-corrected chi connectivity index (χ1v) is 5.08. The first kappa shape index (κ1) is 10.1. The van der Waals surface area contributed by atoms with E-state index in [9.17, 15) is 0 Å². The molecule has 0 amide bonds. The van der Waals surface area contributed by atoms with Gasteiger partial charge >= 0.3 is 0 Å². The molecule has 0 aliphatic carbocycles. The van der Waals surface area contributed by atoms with Crippen LogP contribution in [0.5, 0.6) is 5.75 Å². The van der Waals surface area contributed by atoms with Crippen LogP contribution in [0.2, 0.25) is 5.02 Å². The van der Waals surface area contributed by atoms with Crippen LogP contribution in [0.25, 0.3) is 11.1 Å². The largest absolute Gasteiger partial charge is 0.495 e. The fourth-order valence-electron chi connectivity index (χ4n) is 1.56. The van der Waals surface area contributed by atoms with E-state index in [1.54, 1.807) is 7.11 Å². The Morgan fingerprint density at radius 1 is 0.933 bits per heavy atom. The van der Waals surface area contributed by atoms with Crippen LogP contribution in [0.1, 0.15) is 0 Å². The van der Waals surface area contributed by atoms with Gasteiger partial charge in [-0.25, -0.2) is 0 Å². The van der Waals surface area contributed by atoms with Crippen molar-refractivity contribution in [3.8, 4) is 16.9 Å². The number of methoxy groups -OCH3 is 1. The quantitative estimate of drug-likeness (QED) is 0.740. The molecule has 0 aromatic heterocycles. The summed E-state index contributed by atoms with van der Waals surface area (Å²) < 4.78 is 5.30. The molecule has 0 saturated carbocycles. The van der Waals surface area contributed by atoms with Crippen LogP contribution in [0.4, 0.5) is 0 Å². The van der Waals surface area contributed by atoms with Crippen molar-refractivity contribution in [2.24, 2.45) is 0 Å². The number of hydrogen-bond donors (Lipinski definition) is 0. The number of rotatable bonds is 2. The van der Waals surface area contributed by atoms with Crippen LogP contribution in [0.15, 0.2) is 48.5 Å². The highest BCUT2D eigenvalue weighted by molar-refractivity contribution is 6.32. The van der Waals surface area contributed by atoms with Gasteiger partial charge in [0.25, 0.3) is 0 Å². The van der Waals surface area contributed by atoms with Gasteiger partial charge in [0.1, 0.15) is 5.75 Å². The van der Waals surface area contributed by atoms with E-state index in [1.807, 2.05) is 48.5 Å². The zero-order valence-electron chi connectivity index (χ0n) is 8.41. The molecular weight excluding hydrogens is 208 g/mol. The minimum Gasteiger partial charge on any atom is -0.495 e. The third kappa shape index (κ3) is 1.97. The molecular formula is C13H11ClO. The fourth-order valence-corrected chi connectivity index (χ4v) is 1.81. The topological polar surface area (TPSA) is 9.23 Å². The Morgan fingerprint density at radius 3 is 2.33 bits per heavy atom. The normalized spacial score (nSPS) is 10.0. The zero-order chi connectivity index (χ0) is 10.7. The van der Waals surface area contributed by atoms with Crippen LogP contribution in [-0.2, 0) is 0 Å². The summed E-state index contributed by atoms with van der Waals surface area (Å²) in [5.74, 6) is 0.727. The highest BCUT2D eigenvalue weighted by Crippen LogP contribution is 2.35. The van der Waals surface area contributed by atoms with E-state index in [-0.39, 0.29) is 0 Å². The SMILES string of the molecule is COc1c(Cl)cccc1-c1ccccc1. The van der Waals surface area contributed by atoms with Gasteiger partial charge in [0.2, 0.25) is 0 Å². The molecule has 0 radical (unpaired) electrons. The second-order valence-corrected chi connectivity index (χ2v) is 3.59. The minimum absolute atomic E-state index is 0.638. The van der Waals surface area contributed by atoms with Gasteiger partial charge in [0, 0.05) is 5.56 Å². The van der Waals surface area contributed by atoms with Crippen LogP contribution >= 0.6 is 11.6 Å². The molecule has 76 valence electrons. The van der Waals surface area contributed by atoms with Gasteiger partial charge in [-0.1, -0.05) is 54.1 Å². The third-order valence-electron chi connectivity index (χ3n) is 2.26. The van der Waals surface area contributed by atoms with Crippen LogP contribution in [0.3, 0.4) is 0 Å². The van der Waals surface area contributed by atoms with Gasteiger partial charge in [-0.3, -0.25) is 0 Å². The summed E-state index contributed by atoms with van der Waals surface area (Å²) in [4.78, 5) is 0. The van der Waals surface area contributed by atoms with E-state index < -0.39 is 0 Å².